The number of fused-ring (bicyclic) bond motifs is 2. The Morgan fingerprint density at radius 3 is 2.64 bits per heavy atom. The van der Waals surface area contributed by atoms with Crippen molar-refractivity contribution in [2.24, 2.45) is 0 Å². The third-order valence-electron chi connectivity index (χ3n) is 6.34. The largest absolute Gasteiger partial charge is 0.466 e. The summed E-state index contributed by atoms with van der Waals surface area (Å²) in [5.74, 6) is -1.47. The van der Waals surface area contributed by atoms with Crippen LogP contribution in [-0.2, 0) is 45.0 Å². The number of pyridine rings is 1. The zero-order valence-corrected chi connectivity index (χ0v) is 22.3. The molecule has 0 unspecified atom stereocenters. The first-order valence-electron chi connectivity index (χ1n) is 12.7. The van der Waals surface area contributed by atoms with Crippen LogP contribution in [-0.4, -0.2) is 52.5 Å². The van der Waals surface area contributed by atoms with Crippen molar-refractivity contribution < 1.29 is 23.9 Å². The van der Waals surface area contributed by atoms with Crippen molar-refractivity contribution in [3.8, 4) is 0 Å². The molecule has 0 fully saturated rings. The molecule has 0 radical (unpaired) electrons. The van der Waals surface area contributed by atoms with E-state index in [0.717, 1.165) is 29.9 Å². The third kappa shape index (κ3) is 6.47. The lowest BCUT2D eigenvalue weighted by Gasteiger charge is -2.30. The van der Waals surface area contributed by atoms with Crippen LogP contribution in [0.25, 0.3) is 10.9 Å². The average Bonchev–Trinajstić information content (AvgIpc) is 3.37. The summed E-state index contributed by atoms with van der Waals surface area (Å²) in [7, 11) is 0. The summed E-state index contributed by atoms with van der Waals surface area (Å²) >= 11 is 1.18. The number of para-hydroxylation sites is 1. The number of ether oxygens (including phenoxy) is 2. The molecule has 0 spiro atoms. The van der Waals surface area contributed by atoms with Crippen LogP contribution in [0.15, 0.2) is 60.0 Å². The van der Waals surface area contributed by atoms with Gasteiger partial charge in [0.25, 0.3) is 5.91 Å². The van der Waals surface area contributed by atoms with Crippen molar-refractivity contribution in [1.29, 1.82) is 0 Å². The topological polar surface area (TPSA) is 111 Å². The van der Waals surface area contributed by atoms with Gasteiger partial charge in [-0.3, -0.25) is 24.8 Å². The van der Waals surface area contributed by atoms with Gasteiger partial charge in [-0.15, -0.1) is 11.3 Å². The van der Waals surface area contributed by atoms with Gasteiger partial charge in [-0.1, -0.05) is 48.5 Å². The van der Waals surface area contributed by atoms with Crippen molar-refractivity contribution in [3.05, 3.63) is 88.1 Å². The van der Waals surface area contributed by atoms with E-state index in [4.69, 9.17) is 14.5 Å². The molecular weight excluding hydrogens is 516 g/mol. The number of esters is 2. The number of thiazole rings is 1. The van der Waals surface area contributed by atoms with Crippen LogP contribution in [0.2, 0.25) is 0 Å². The van der Waals surface area contributed by atoms with Gasteiger partial charge in [0.2, 0.25) is 0 Å². The monoisotopic (exact) mass is 544 g/mol. The summed E-state index contributed by atoms with van der Waals surface area (Å²) in [6.07, 6.45) is 0.739. The molecule has 1 amide bonds. The first kappa shape index (κ1) is 26.5. The molecule has 0 saturated heterocycles. The minimum Gasteiger partial charge on any atom is -0.466 e. The summed E-state index contributed by atoms with van der Waals surface area (Å²) in [5.41, 5.74) is 4.59. The SMILES string of the molecule is CCOC(=O)Cc1csc(NC(=O)COC(=O)c2c3c(nc4ccccc24)CCN(Cc2ccccc2)C3)n1. The Morgan fingerprint density at radius 2 is 1.82 bits per heavy atom. The Hall–Kier alpha value is -4.15. The Labute approximate surface area is 229 Å². The average molecular weight is 545 g/mol. The lowest BCUT2D eigenvalue weighted by Crippen LogP contribution is -2.32. The van der Waals surface area contributed by atoms with Crippen molar-refractivity contribution in [2.45, 2.75) is 32.9 Å². The zero-order valence-electron chi connectivity index (χ0n) is 21.5. The molecule has 10 heteroatoms. The highest BCUT2D eigenvalue weighted by atomic mass is 32.1. The molecule has 2 aromatic heterocycles. The van der Waals surface area contributed by atoms with Gasteiger partial charge < -0.3 is 9.47 Å². The van der Waals surface area contributed by atoms with Crippen LogP contribution in [0, 0.1) is 0 Å². The van der Waals surface area contributed by atoms with Crippen molar-refractivity contribution in [3.63, 3.8) is 0 Å². The molecule has 1 aliphatic rings. The van der Waals surface area contributed by atoms with E-state index in [9.17, 15) is 14.4 Å². The van der Waals surface area contributed by atoms with Gasteiger partial charge in [0.15, 0.2) is 11.7 Å². The number of amides is 1. The molecule has 3 heterocycles. The van der Waals surface area contributed by atoms with Crippen molar-refractivity contribution >= 4 is 45.2 Å². The van der Waals surface area contributed by atoms with Crippen LogP contribution in [0.5, 0.6) is 0 Å². The van der Waals surface area contributed by atoms with Gasteiger partial charge in [0.1, 0.15) is 0 Å². The molecule has 9 nitrogen and oxygen atoms in total. The van der Waals surface area contributed by atoms with E-state index in [-0.39, 0.29) is 12.4 Å². The highest BCUT2D eigenvalue weighted by molar-refractivity contribution is 7.13. The molecule has 0 saturated carbocycles. The second-order valence-electron chi connectivity index (χ2n) is 9.13. The first-order valence-corrected chi connectivity index (χ1v) is 13.6. The summed E-state index contributed by atoms with van der Waals surface area (Å²) in [5, 5.41) is 5.32. The van der Waals surface area contributed by atoms with E-state index < -0.39 is 18.5 Å². The van der Waals surface area contributed by atoms with Crippen LogP contribution < -0.4 is 5.32 Å². The molecule has 1 aliphatic heterocycles. The molecule has 0 bridgehead atoms. The second-order valence-corrected chi connectivity index (χ2v) is 9.98. The minimum absolute atomic E-state index is 0.0245. The van der Waals surface area contributed by atoms with Gasteiger partial charge in [0, 0.05) is 48.1 Å². The molecule has 5 rings (SSSR count). The van der Waals surface area contributed by atoms with Gasteiger partial charge in [-0.05, 0) is 18.6 Å². The number of hydrogen-bond donors (Lipinski definition) is 1. The molecule has 4 aromatic rings. The molecule has 0 atom stereocenters. The summed E-state index contributed by atoms with van der Waals surface area (Å²) in [4.78, 5) is 49.0. The smallest absolute Gasteiger partial charge is 0.339 e. The zero-order chi connectivity index (χ0) is 27.2. The van der Waals surface area contributed by atoms with E-state index >= 15 is 0 Å². The summed E-state index contributed by atoms with van der Waals surface area (Å²) in [6.45, 7) is 3.70. The number of aromatic nitrogens is 2. The molecule has 0 aliphatic carbocycles. The van der Waals surface area contributed by atoms with E-state index in [2.05, 4.69) is 27.3 Å². The molecule has 1 N–H and O–H groups in total. The number of carbonyl (C=O) groups excluding carboxylic acids is 3. The number of nitrogens with zero attached hydrogens (tertiary/aromatic N) is 3. The maximum atomic E-state index is 13.4. The van der Waals surface area contributed by atoms with Gasteiger partial charge in [-0.25, -0.2) is 9.78 Å². The van der Waals surface area contributed by atoms with Crippen molar-refractivity contribution in [1.82, 2.24) is 14.9 Å². The number of carbonyl (C=O) groups is 3. The fourth-order valence-corrected chi connectivity index (χ4v) is 5.35. The summed E-state index contributed by atoms with van der Waals surface area (Å²) in [6, 6.07) is 17.7. The van der Waals surface area contributed by atoms with Crippen LogP contribution in [0.4, 0.5) is 5.13 Å². The van der Waals surface area contributed by atoms with E-state index in [1.165, 1.54) is 16.9 Å². The van der Waals surface area contributed by atoms with E-state index in [1.807, 2.05) is 42.5 Å². The lowest BCUT2D eigenvalue weighted by atomic mass is 9.95. The number of benzene rings is 2. The molecule has 200 valence electrons. The lowest BCUT2D eigenvalue weighted by molar-refractivity contribution is -0.142. The maximum Gasteiger partial charge on any atom is 0.339 e. The van der Waals surface area contributed by atoms with Crippen LogP contribution >= 0.6 is 11.3 Å². The minimum atomic E-state index is -0.566. The highest BCUT2D eigenvalue weighted by Crippen LogP contribution is 2.29. The van der Waals surface area contributed by atoms with Crippen LogP contribution in [0.1, 0.15) is 39.8 Å². The highest BCUT2D eigenvalue weighted by Gasteiger charge is 2.27. The Morgan fingerprint density at radius 1 is 1.03 bits per heavy atom. The van der Waals surface area contributed by atoms with Gasteiger partial charge in [-0.2, -0.15) is 0 Å². The number of nitrogens with one attached hydrogen (secondary N) is 1. The van der Waals surface area contributed by atoms with Crippen molar-refractivity contribution in [2.75, 3.05) is 25.1 Å². The normalized spacial score (nSPS) is 13.1. The second kappa shape index (κ2) is 12.1. The van der Waals surface area contributed by atoms with Gasteiger partial charge >= 0.3 is 11.9 Å². The maximum absolute atomic E-state index is 13.4. The Bertz CT molecular complexity index is 1500. The fraction of sp³-hybridized carbons (Fsp3) is 0.276. The fourth-order valence-electron chi connectivity index (χ4n) is 4.62. The first-order chi connectivity index (χ1) is 19.0. The van der Waals surface area contributed by atoms with E-state index in [1.54, 1.807) is 12.3 Å². The predicted octanol–water partition coefficient (Wildman–Crippen LogP) is 4.15. The molecule has 2 aromatic carbocycles. The standard InChI is InChI=1S/C29H28N4O5S/c1-2-37-26(35)14-20-18-39-29(30-20)32-25(34)17-38-28(36)27-21-10-6-7-11-23(21)31-24-12-13-33(16-22(24)27)15-19-8-4-3-5-9-19/h3-11,18H,2,12-17H2,1H3,(H,30,32,34). The number of anilines is 1. The Kier molecular flexibility index (Phi) is 8.24. The van der Waals surface area contributed by atoms with Gasteiger partial charge in [0.05, 0.1) is 29.8 Å². The quantitative estimate of drug-likeness (QED) is 0.313. The van der Waals surface area contributed by atoms with Crippen LogP contribution in [0.3, 0.4) is 0 Å². The summed E-state index contributed by atoms with van der Waals surface area (Å²) < 4.78 is 10.4. The molecular formula is C29H28N4O5S. The number of rotatable bonds is 9. The van der Waals surface area contributed by atoms with E-state index in [0.29, 0.717) is 41.3 Å². The predicted molar refractivity (Wildman–Crippen MR) is 147 cm³/mol. The third-order valence-corrected chi connectivity index (χ3v) is 7.15. The molecule has 39 heavy (non-hydrogen) atoms. The number of hydrogen-bond acceptors (Lipinski definition) is 9. The Balaban J connectivity index is 1.29.